The molecule has 1 N–H and O–H groups in total. The van der Waals surface area contributed by atoms with Crippen LogP contribution in [0.2, 0.25) is 0 Å². The van der Waals surface area contributed by atoms with Crippen molar-refractivity contribution in [3.63, 3.8) is 0 Å². The summed E-state index contributed by atoms with van der Waals surface area (Å²) in [7, 11) is 0. The highest BCUT2D eigenvalue weighted by molar-refractivity contribution is 5.70. The van der Waals surface area contributed by atoms with Crippen LogP contribution in [0.25, 0.3) is 0 Å². The molecule has 0 fully saturated rings. The molecule has 3 heteroatoms. The summed E-state index contributed by atoms with van der Waals surface area (Å²) in [5.41, 5.74) is -0.803. The molecular formula is C10H14O3. The number of hydrogen-bond acceptors (Lipinski definition) is 3. The first-order valence-corrected chi connectivity index (χ1v) is 4.36. The normalized spacial score (nSPS) is 26.8. The zero-order valence-corrected chi connectivity index (χ0v) is 7.91. The number of ether oxygens (including phenoxy) is 1. The van der Waals surface area contributed by atoms with Gasteiger partial charge < -0.3 is 9.84 Å². The standard InChI is InChI=1S/C10H14O3/c1-3-9(11)13-8-4-6-10(2,12)7-5-8/h4-6,12H,3,7H2,1-2H3. The van der Waals surface area contributed by atoms with Crippen LogP contribution in [0.4, 0.5) is 0 Å². The smallest absolute Gasteiger partial charge is 0.310 e. The van der Waals surface area contributed by atoms with Gasteiger partial charge in [-0.1, -0.05) is 6.92 Å². The molecule has 1 unspecified atom stereocenters. The Morgan fingerprint density at radius 1 is 1.77 bits per heavy atom. The first-order chi connectivity index (χ1) is 6.03. The minimum absolute atomic E-state index is 0.252. The van der Waals surface area contributed by atoms with E-state index in [-0.39, 0.29) is 5.97 Å². The van der Waals surface area contributed by atoms with Crippen LogP contribution < -0.4 is 0 Å². The fourth-order valence-corrected chi connectivity index (χ4v) is 0.984. The predicted molar refractivity (Wildman–Crippen MR) is 48.8 cm³/mol. The zero-order chi connectivity index (χ0) is 9.90. The van der Waals surface area contributed by atoms with E-state index in [1.165, 1.54) is 0 Å². The Balaban J connectivity index is 2.53. The highest BCUT2D eigenvalue weighted by Crippen LogP contribution is 2.20. The highest BCUT2D eigenvalue weighted by atomic mass is 16.5. The molecule has 0 aromatic rings. The fourth-order valence-electron chi connectivity index (χ4n) is 0.984. The number of allylic oxidation sites excluding steroid dienone is 1. The van der Waals surface area contributed by atoms with Gasteiger partial charge in [-0.05, 0) is 25.2 Å². The van der Waals surface area contributed by atoms with Gasteiger partial charge in [0.25, 0.3) is 0 Å². The molecule has 1 aliphatic carbocycles. The molecule has 1 aliphatic rings. The maximum atomic E-state index is 10.9. The Morgan fingerprint density at radius 2 is 2.46 bits per heavy atom. The summed E-state index contributed by atoms with van der Waals surface area (Å²) in [5, 5.41) is 9.51. The topological polar surface area (TPSA) is 46.5 Å². The van der Waals surface area contributed by atoms with E-state index >= 15 is 0 Å². The summed E-state index contributed by atoms with van der Waals surface area (Å²) in [6.07, 6.45) is 5.81. The molecule has 1 rings (SSSR count). The summed E-state index contributed by atoms with van der Waals surface area (Å²) in [6.45, 7) is 3.45. The summed E-state index contributed by atoms with van der Waals surface area (Å²) < 4.78 is 4.96. The third kappa shape index (κ3) is 3.03. The first-order valence-electron chi connectivity index (χ1n) is 4.36. The molecule has 1 atom stereocenters. The van der Waals surface area contributed by atoms with Crippen molar-refractivity contribution in [3.8, 4) is 0 Å². The van der Waals surface area contributed by atoms with Gasteiger partial charge in [0.2, 0.25) is 0 Å². The minimum atomic E-state index is -0.803. The van der Waals surface area contributed by atoms with E-state index in [1.54, 1.807) is 32.1 Å². The van der Waals surface area contributed by atoms with Crippen molar-refractivity contribution >= 4 is 5.97 Å². The van der Waals surface area contributed by atoms with Crippen molar-refractivity contribution in [1.82, 2.24) is 0 Å². The van der Waals surface area contributed by atoms with Crippen LogP contribution in [-0.4, -0.2) is 16.7 Å². The molecule has 13 heavy (non-hydrogen) atoms. The SMILES string of the molecule is CCC(=O)OC1=CCC(C)(O)C=C1. The molecular weight excluding hydrogens is 168 g/mol. The second-order valence-electron chi connectivity index (χ2n) is 3.33. The average molecular weight is 182 g/mol. The Labute approximate surface area is 77.7 Å². The van der Waals surface area contributed by atoms with Gasteiger partial charge in [-0.25, -0.2) is 0 Å². The molecule has 0 aromatic carbocycles. The van der Waals surface area contributed by atoms with Crippen molar-refractivity contribution < 1.29 is 14.6 Å². The largest absolute Gasteiger partial charge is 0.427 e. The van der Waals surface area contributed by atoms with E-state index in [4.69, 9.17) is 4.74 Å². The Morgan fingerprint density at radius 3 is 2.92 bits per heavy atom. The maximum Gasteiger partial charge on any atom is 0.310 e. The van der Waals surface area contributed by atoms with Crippen molar-refractivity contribution in [2.45, 2.75) is 32.3 Å². The van der Waals surface area contributed by atoms with Gasteiger partial charge in [0.05, 0.1) is 5.60 Å². The molecule has 0 radical (unpaired) electrons. The van der Waals surface area contributed by atoms with E-state index in [9.17, 15) is 9.90 Å². The predicted octanol–water partition coefficient (Wildman–Crippen LogP) is 1.53. The Kier molecular flexibility index (Phi) is 2.88. The monoisotopic (exact) mass is 182 g/mol. The van der Waals surface area contributed by atoms with Gasteiger partial charge in [-0.3, -0.25) is 4.79 Å². The number of esters is 1. The zero-order valence-electron chi connectivity index (χ0n) is 7.91. The molecule has 0 saturated carbocycles. The molecule has 0 aromatic heterocycles. The minimum Gasteiger partial charge on any atom is -0.427 e. The number of hydrogen-bond donors (Lipinski definition) is 1. The second kappa shape index (κ2) is 3.75. The summed E-state index contributed by atoms with van der Waals surface area (Å²) in [4.78, 5) is 10.9. The summed E-state index contributed by atoms with van der Waals surface area (Å²) in [6, 6.07) is 0. The van der Waals surface area contributed by atoms with Crippen molar-refractivity contribution in [2.24, 2.45) is 0 Å². The highest BCUT2D eigenvalue weighted by Gasteiger charge is 2.19. The molecule has 0 aliphatic heterocycles. The van der Waals surface area contributed by atoms with Crippen LogP contribution in [0, 0.1) is 0 Å². The molecule has 72 valence electrons. The third-order valence-electron chi connectivity index (χ3n) is 1.84. The van der Waals surface area contributed by atoms with Gasteiger partial charge in [-0.2, -0.15) is 0 Å². The molecule has 0 spiro atoms. The van der Waals surface area contributed by atoms with Crippen LogP contribution in [-0.2, 0) is 9.53 Å². The van der Waals surface area contributed by atoms with Gasteiger partial charge in [0.15, 0.2) is 0 Å². The number of carbonyl (C=O) groups excluding carboxylic acids is 1. The molecule has 3 nitrogen and oxygen atoms in total. The third-order valence-corrected chi connectivity index (χ3v) is 1.84. The van der Waals surface area contributed by atoms with Crippen molar-refractivity contribution in [2.75, 3.05) is 0 Å². The lowest BCUT2D eigenvalue weighted by atomic mass is 9.97. The van der Waals surface area contributed by atoms with E-state index < -0.39 is 5.60 Å². The second-order valence-corrected chi connectivity index (χ2v) is 3.33. The lowest BCUT2D eigenvalue weighted by Crippen LogP contribution is -2.22. The summed E-state index contributed by atoms with van der Waals surface area (Å²) in [5.74, 6) is 0.274. The lowest BCUT2D eigenvalue weighted by molar-refractivity contribution is -0.138. The number of aliphatic hydroxyl groups is 1. The van der Waals surface area contributed by atoms with Crippen molar-refractivity contribution in [3.05, 3.63) is 24.0 Å². The van der Waals surface area contributed by atoms with Crippen LogP contribution in [0.5, 0.6) is 0 Å². The van der Waals surface area contributed by atoms with Gasteiger partial charge in [0, 0.05) is 12.8 Å². The van der Waals surface area contributed by atoms with Crippen LogP contribution in [0.15, 0.2) is 24.0 Å². The van der Waals surface area contributed by atoms with Gasteiger partial charge >= 0.3 is 5.97 Å². The lowest BCUT2D eigenvalue weighted by Gasteiger charge is -2.20. The number of carbonyl (C=O) groups is 1. The molecule has 0 bridgehead atoms. The molecule has 0 heterocycles. The van der Waals surface area contributed by atoms with Gasteiger partial charge in [-0.15, -0.1) is 0 Å². The first kappa shape index (κ1) is 9.99. The average Bonchev–Trinajstić information content (AvgIpc) is 2.08. The molecule has 0 saturated heterocycles. The van der Waals surface area contributed by atoms with Crippen LogP contribution in [0.1, 0.15) is 26.7 Å². The van der Waals surface area contributed by atoms with E-state index in [2.05, 4.69) is 0 Å². The Hall–Kier alpha value is -1.09. The van der Waals surface area contributed by atoms with E-state index in [0.29, 0.717) is 18.6 Å². The van der Waals surface area contributed by atoms with E-state index in [1.807, 2.05) is 0 Å². The van der Waals surface area contributed by atoms with Crippen molar-refractivity contribution in [1.29, 1.82) is 0 Å². The number of rotatable bonds is 2. The molecule has 0 amide bonds. The van der Waals surface area contributed by atoms with E-state index in [0.717, 1.165) is 0 Å². The maximum absolute atomic E-state index is 10.9. The van der Waals surface area contributed by atoms with Crippen LogP contribution in [0.3, 0.4) is 0 Å². The summed E-state index contributed by atoms with van der Waals surface area (Å²) >= 11 is 0. The van der Waals surface area contributed by atoms with Crippen LogP contribution >= 0.6 is 0 Å². The van der Waals surface area contributed by atoms with Gasteiger partial charge in [0.1, 0.15) is 5.76 Å². The fraction of sp³-hybridized carbons (Fsp3) is 0.500. The Bertz CT molecular complexity index is 261. The quantitative estimate of drug-likeness (QED) is 0.659.